The molecule has 2 N–H and O–H groups in total. The van der Waals surface area contributed by atoms with Crippen LogP contribution in [-0.4, -0.2) is 31.4 Å². The molecule has 0 bridgehead atoms. The summed E-state index contributed by atoms with van der Waals surface area (Å²) in [6.07, 6.45) is 1.18. The van der Waals surface area contributed by atoms with E-state index in [0.29, 0.717) is 10.7 Å². The second-order valence-corrected chi connectivity index (χ2v) is 8.18. The maximum atomic E-state index is 12.5. The van der Waals surface area contributed by atoms with E-state index in [9.17, 15) is 13.2 Å². The van der Waals surface area contributed by atoms with Crippen molar-refractivity contribution >= 4 is 50.6 Å². The van der Waals surface area contributed by atoms with Gasteiger partial charge in [0.2, 0.25) is 5.88 Å². The Kier molecular flexibility index (Phi) is 6.21. The fourth-order valence-corrected chi connectivity index (χ4v) is 3.67. The van der Waals surface area contributed by atoms with Gasteiger partial charge in [0.25, 0.3) is 15.9 Å². The van der Waals surface area contributed by atoms with Gasteiger partial charge in [0, 0.05) is 16.8 Å². The summed E-state index contributed by atoms with van der Waals surface area (Å²) in [7, 11) is -2.49. The molecule has 2 aromatic carbocycles. The summed E-state index contributed by atoms with van der Waals surface area (Å²) >= 11 is 11.9. The summed E-state index contributed by atoms with van der Waals surface area (Å²) < 4.78 is 32.3. The van der Waals surface area contributed by atoms with Crippen molar-refractivity contribution in [1.82, 2.24) is 9.97 Å². The van der Waals surface area contributed by atoms with E-state index < -0.39 is 15.9 Å². The van der Waals surface area contributed by atoms with Crippen molar-refractivity contribution < 1.29 is 17.9 Å². The van der Waals surface area contributed by atoms with Gasteiger partial charge >= 0.3 is 0 Å². The number of amides is 1. The van der Waals surface area contributed by atoms with Crippen LogP contribution in [0.15, 0.2) is 59.8 Å². The average molecular weight is 453 g/mol. The number of ether oxygens (including phenoxy) is 1. The quantitative estimate of drug-likeness (QED) is 0.587. The van der Waals surface area contributed by atoms with E-state index >= 15 is 0 Å². The van der Waals surface area contributed by atoms with Gasteiger partial charge in [-0.05, 0) is 42.5 Å². The minimum absolute atomic E-state index is 0.0196. The molecule has 11 heteroatoms. The number of nitrogens with zero attached hydrogens (tertiary/aromatic N) is 2. The summed E-state index contributed by atoms with van der Waals surface area (Å²) in [5.74, 6) is -0.195. The molecule has 0 atom stereocenters. The zero-order chi connectivity index (χ0) is 21.0. The van der Waals surface area contributed by atoms with Crippen molar-refractivity contribution in [3.8, 4) is 5.88 Å². The molecule has 8 nitrogen and oxygen atoms in total. The Hall–Kier alpha value is -2.88. The number of aromatic nitrogens is 2. The van der Waals surface area contributed by atoms with Gasteiger partial charge in [-0.1, -0.05) is 23.2 Å². The number of hydrogen-bond acceptors (Lipinski definition) is 6. The van der Waals surface area contributed by atoms with Crippen LogP contribution in [-0.2, 0) is 10.0 Å². The van der Waals surface area contributed by atoms with Gasteiger partial charge < -0.3 is 10.1 Å². The summed E-state index contributed by atoms with van der Waals surface area (Å²) in [6.45, 7) is 0. The molecule has 0 radical (unpaired) electrons. The predicted molar refractivity (Wildman–Crippen MR) is 110 cm³/mol. The third kappa shape index (κ3) is 5.14. The number of halogens is 2. The van der Waals surface area contributed by atoms with Gasteiger partial charge in [0.15, 0.2) is 0 Å². The Morgan fingerprint density at radius 2 is 1.76 bits per heavy atom. The first kappa shape index (κ1) is 20.8. The van der Waals surface area contributed by atoms with E-state index in [4.69, 9.17) is 27.9 Å². The molecule has 0 aliphatic rings. The number of nitrogens with one attached hydrogen (secondary N) is 2. The number of rotatable bonds is 6. The van der Waals surface area contributed by atoms with Crippen LogP contribution in [0, 0.1) is 0 Å². The van der Waals surface area contributed by atoms with E-state index in [0.717, 1.165) is 0 Å². The SMILES string of the molecule is COc1cc(NS(=O)(=O)c2ccc(NC(=O)c3cc(Cl)ccc3Cl)cc2)ncn1. The standard InChI is InChI=1S/C18H14Cl2N4O4S/c1-28-17-9-16(21-10-22-17)24-29(26,27)13-5-3-12(4-6-13)23-18(25)14-8-11(19)2-7-15(14)20/h2-10H,1H3,(H,23,25)(H,21,22,24). The molecule has 0 fully saturated rings. The van der Waals surface area contributed by atoms with Crippen LogP contribution in [0.25, 0.3) is 0 Å². The zero-order valence-corrected chi connectivity index (χ0v) is 17.2. The van der Waals surface area contributed by atoms with Crippen LogP contribution in [0.3, 0.4) is 0 Å². The average Bonchev–Trinajstić information content (AvgIpc) is 2.70. The Morgan fingerprint density at radius 3 is 2.45 bits per heavy atom. The first-order valence-corrected chi connectivity index (χ1v) is 10.3. The largest absolute Gasteiger partial charge is 0.481 e. The molecule has 0 aliphatic heterocycles. The van der Waals surface area contributed by atoms with Crippen LogP contribution in [0.4, 0.5) is 11.5 Å². The molecule has 1 aromatic heterocycles. The van der Waals surface area contributed by atoms with Gasteiger partial charge in [-0.3, -0.25) is 9.52 Å². The van der Waals surface area contributed by atoms with Crippen LogP contribution in [0.5, 0.6) is 5.88 Å². The molecule has 0 aliphatic carbocycles. The molecule has 29 heavy (non-hydrogen) atoms. The second kappa shape index (κ2) is 8.64. The molecule has 3 aromatic rings. The molecule has 0 saturated carbocycles. The number of benzene rings is 2. The Bertz CT molecular complexity index is 1150. The van der Waals surface area contributed by atoms with Crippen LogP contribution in [0.2, 0.25) is 10.0 Å². The van der Waals surface area contributed by atoms with Crippen LogP contribution >= 0.6 is 23.2 Å². The van der Waals surface area contributed by atoms with Crippen molar-refractivity contribution in [2.45, 2.75) is 4.90 Å². The highest BCUT2D eigenvalue weighted by Crippen LogP contribution is 2.23. The Morgan fingerprint density at radius 1 is 1.03 bits per heavy atom. The van der Waals surface area contributed by atoms with Crippen molar-refractivity contribution in [3.05, 3.63) is 70.5 Å². The van der Waals surface area contributed by atoms with Crippen molar-refractivity contribution in [2.24, 2.45) is 0 Å². The number of carbonyl (C=O) groups excluding carboxylic acids is 1. The van der Waals surface area contributed by atoms with E-state index in [-0.39, 0.29) is 27.2 Å². The molecule has 0 unspecified atom stereocenters. The lowest BCUT2D eigenvalue weighted by Crippen LogP contribution is -2.15. The number of hydrogen-bond donors (Lipinski definition) is 2. The molecule has 0 saturated heterocycles. The zero-order valence-electron chi connectivity index (χ0n) is 14.9. The summed E-state index contributed by atoms with van der Waals surface area (Å²) in [6, 6.07) is 11.5. The molecular formula is C18H14Cl2N4O4S. The Balaban J connectivity index is 1.75. The number of carbonyl (C=O) groups is 1. The van der Waals surface area contributed by atoms with Crippen LogP contribution < -0.4 is 14.8 Å². The third-order valence-electron chi connectivity index (χ3n) is 3.69. The minimum atomic E-state index is -3.90. The van der Waals surface area contributed by atoms with Gasteiger partial charge in [-0.15, -0.1) is 0 Å². The van der Waals surface area contributed by atoms with E-state index in [1.54, 1.807) is 6.07 Å². The molecule has 1 heterocycles. The summed E-state index contributed by atoms with van der Waals surface area (Å²) in [4.78, 5) is 20.0. The highest BCUT2D eigenvalue weighted by molar-refractivity contribution is 7.92. The summed E-state index contributed by atoms with van der Waals surface area (Å²) in [5.41, 5.74) is 0.587. The minimum Gasteiger partial charge on any atom is -0.481 e. The molecular weight excluding hydrogens is 439 g/mol. The van der Waals surface area contributed by atoms with E-state index in [1.807, 2.05) is 0 Å². The molecule has 3 rings (SSSR count). The van der Waals surface area contributed by atoms with E-state index in [2.05, 4.69) is 20.0 Å². The van der Waals surface area contributed by atoms with Crippen molar-refractivity contribution in [1.29, 1.82) is 0 Å². The van der Waals surface area contributed by atoms with Gasteiger partial charge in [-0.2, -0.15) is 0 Å². The Labute approximate surface area is 176 Å². The normalized spacial score (nSPS) is 11.0. The van der Waals surface area contributed by atoms with Gasteiger partial charge in [-0.25, -0.2) is 18.4 Å². The maximum Gasteiger partial charge on any atom is 0.263 e. The summed E-state index contributed by atoms with van der Waals surface area (Å²) in [5, 5.41) is 3.25. The number of sulfonamides is 1. The second-order valence-electron chi connectivity index (χ2n) is 5.65. The third-order valence-corrected chi connectivity index (χ3v) is 5.62. The lowest BCUT2D eigenvalue weighted by molar-refractivity contribution is 0.102. The topological polar surface area (TPSA) is 110 Å². The first-order chi connectivity index (χ1) is 13.8. The smallest absolute Gasteiger partial charge is 0.263 e. The molecule has 0 spiro atoms. The lowest BCUT2D eigenvalue weighted by Gasteiger charge is -2.10. The first-order valence-electron chi connectivity index (χ1n) is 8.04. The van der Waals surface area contributed by atoms with Gasteiger partial charge in [0.1, 0.15) is 12.1 Å². The fourth-order valence-electron chi connectivity index (χ4n) is 2.29. The fraction of sp³-hybridized carbons (Fsp3) is 0.0556. The molecule has 1 amide bonds. The van der Waals surface area contributed by atoms with E-state index in [1.165, 1.54) is 55.9 Å². The van der Waals surface area contributed by atoms with Crippen molar-refractivity contribution in [3.63, 3.8) is 0 Å². The number of methoxy groups -OCH3 is 1. The highest BCUT2D eigenvalue weighted by Gasteiger charge is 2.16. The van der Waals surface area contributed by atoms with Gasteiger partial charge in [0.05, 0.1) is 22.6 Å². The predicted octanol–water partition coefficient (Wildman–Crippen LogP) is 3.85. The monoisotopic (exact) mass is 452 g/mol. The maximum absolute atomic E-state index is 12.5. The van der Waals surface area contributed by atoms with Crippen molar-refractivity contribution in [2.75, 3.05) is 17.1 Å². The number of anilines is 2. The lowest BCUT2D eigenvalue weighted by atomic mass is 10.2. The highest BCUT2D eigenvalue weighted by atomic mass is 35.5. The molecule has 150 valence electrons. The van der Waals surface area contributed by atoms with Crippen LogP contribution in [0.1, 0.15) is 10.4 Å².